The Morgan fingerprint density at radius 1 is 1.35 bits per heavy atom. The lowest BCUT2D eigenvalue weighted by Crippen LogP contribution is -2.02. The van der Waals surface area contributed by atoms with Crippen molar-refractivity contribution in [3.8, 4) is 11.4 Å². The molecule has 1 heterocycles. The standard InChI is InChI=1S/C13H11BrN2O/c1-8-12(9(2)17)7-15-13(16-8)10-4-3-5-11(14)6-10/h3-7H,1-2H3. The molecule has 0 saturated carbocycles. The second-order valence-corrected chi connectivity index (χ2v) is 4.67. The highest BCUT2D eigenvalue weighted by atomic mass is 79.9. The molecule has 2 aromatic rings. The van der Waals surface area contributed by atoms with Gasteiger partial charge in [0, 0.05) is 16.2 Å². The molecule has 0 amide bonds. The van der Waals surface area contributed by atoms with Crippen molar-refractivity contribution in [1.82, 2.24) is 9.97 Å². The fourth-order valence-corrected chi connectivity index (χ4v) is 1.98. The molecule has 0 spiro atoms. The Kier molecular flexibility index (Phi) is 3.33. The van der Waals surface area contributed by atoms with Gasteiger partial charge in [0.15, 0.2) is 11.6 Å². The summed E-state index contributed by atoms with van der Waals surface area (Å²) in [6.07, 6.45) is 1.58. The van der Waals surface area contributed by atoms with Crippen LogP contribution in [0.15, 0.2) is 34.9 Å². The first-order chi connectivity index (χ1) is 8.08. The summed E-state index contributed by atoms with van der Waals surface area (Å²) in [7, 11) is 0. The summed E-state index contributed by atoms with van der Waals surface area (Å²) in [5.74, 6) is 0.622. The molecule has 0 saturated heterocycles. The second-order valence-electron chi connectivity index (χ2n) is 3.76. The molecule has 0 aliphatic heterocycles. The predicted octanol–water partition coefficient (Wildman–Crippen LogP) is 3.42. The van der Waals surface area contributed by atoms with Gasteiger partial charge in [0.05, 0.1) is 11.3 Å². The molecule has 0 N–H and O–H groups in total. The maximum absolute atomic E-state index is 11.3. The number of ketones is 1. The van der Waals surface area contributed by atoms with Crippen LogP contribution in [0, 0.1) is 6.92 Å². The number of hydrogen-bond acceptors (Lipinski definition) is 3. The molecule has 0 atom stereocenters. The normalized spacial score (nSPS) is 10.3. The van der Waals surface area contributed by atoms with E-state index in [9.17, 15) is 4.79 Å². The molecule has 1 aromatic heterocycles. The molecular formula is C13H11BrN2O. The number of aryl methyl sites for hydroxylation is 1. The highest BCUT2D eigenvalue weighted by molar-refractivity contribution is 9.10. The molecule has 0 aliphatic rings. The third-order valence-corrected chi connectivity index (χ3v) is 2.93. The minimum atomic E-state index is -0.0108. The average molecular weight is 291 g/mol. The minimum absolute atomic E-state index is 0.0108. The smallest absolute Gasteiger partial charge is 0.163 e. The Balaban J connectivity index is 2.48. The van der Waals surface area contributed by atoms with Crippen molar-refractivity contribution in [2.75, 3.05) is 0 Å². The molecule has 86 valence electrons. The number of benzene rings is 1. The summed E-state index contributed by atoms with van der Waals surface area (Å²) >= 11 is 3.41. The average Bonchev–Trinajstić information content (AvgIpc) is 2.28. The zero-order valence-corrected chi connectivity index (χ0v) is 11.2. The maximum atomic E-state index is 11.3. The van der Waals surface area contributed by atoms with Gasteiger partial charge in [0.25, 0.3) is 0 Å². The molecule has 0 bridgehead atoms. The van der Waals surface area contributed by atoms with Gasteiger partial charge >= 0.3 is 0 Å². The van der Waals surface area contributed by atoms with Crippen LogP contribution in [0.2, 0.25) is 0 Å². The summed E-state index contributed by atoms with van der Waals surface area (Å²) in [6.45, 7) is 3.34. The van der Waals surface area contributed by atoms with Gasteiger partial charge in [-0.25, -0.2) is 9.97 Å². The fourth-order valence-electron chi connectivity index (χ4n) is 1.58. The molecule has 3 nitrogen and oxygen atoms in total. The van der Waals surface area contributed by atoms with Crippen LogP contribution >= 0.6 is 15.9 Å². The summed E-state index contributed by atoms with van der Waals surface area (Å²) in [5.41, 5.74) is 2.21. The van der Waals surface area contributed by atoms with Crippen molar-refractivity contribution in [2.45, 2.75) is 13.8 Å². The number of carbonyl (C=O) groups excluding carboxylic acids is 1. The van der Waals surface area contributed by atoms with E-state index in [1.54, 1.807) is 6.20 Å². The number of aromatic nitrogens is 2. The zero-order valence-electron chi connectivity index (χ0n) is 9.57. The van der Waals surface area contributed by atoms with E-state index in [0.717, 1.165) is 10.0 Å². The van der Waals surface area contributed by atoms with Crippen LogP contribution in [0.4, 0.5) is 0 Å². The maximum Gasteiger partial charge on any atom is 0.163 e. The first kappa shape index (κ1) is 11.9. The Hall–Kier alpha value is -1.55. The molecule has 1 aromatic carbocycles. The van der Waals surface area contributed by atoms with Gasteiger partial charge in [0.1, 0.15) is 0 Å². The highest BCUT2D eigenvalue weighted by Gasteiger charge is 2.08. The first-order valence-corrected chi connectivity index (χ1v) is 5.98. The van der Waals surface area contributed by atoms with E-state index in [0.29, 0.717) is 17.1 Å². The Morgan fingerprint density at radius 3 is 2.71 bits per heavy atom. The van der Waals surface area contributed by atoms with Gasteiger partial charge in [-0.2, -0.15) is 0 Å². The summed E-state index contributed by atoms with van der Waals surface area (Å²) in [5, 5.41) is 0. The van der Waals surface area contributed by atoms with Gasteiger partial charge in [0.2, 0.25) is 0 Å². The van der Waals surface area contributed by atoms with Gasteiger partial charge in [-0.3, -0.25) is 4.79 Å². The lowest BCUT2D eigenvalue weighted by Gasteiger charge is -2.04. The van der Waals surface area contributed by atoms with Crippen LogP contribution in [0.25, 0.3) is 11.4 Å². The van der Waals surface area contributed by atoms with Gasteiger partial charge in [-0.05, 0) is 26.0 Å². The molecule has 0 radical (unpaired) electrons. The first-order valence-electron chi connectivity index (χ1n) is 5.18. The van der Waals surface area contributed by atoms with Crippen LogP contribution < -0.4 is 0 Å². The van der Waals surface area contributed by atoms with Crippen LogP contribution in [-0.4, -0.2) is 15.8 Å². The van der Waals surface area contributed by atoms with E-state index in [1.807, 2.05) is 31.2 Å². The number of hydrogen-bond donors (Lipinski definition) is 0. The van der Waals surface area contributed by atoms with Crippen molar-refractivity contribution in [1.29, 1.82) is 0 Å². The minimum Gasteiger partial charge on any atom is -0.294 e. The summed E-state index contributed by atoms with van der Waals surface area (Å²) < 4.78 is 0.979. The van der Waals surface area contributed by atoms with E-state index in [2.05, 4.69) is 25.9 Å². The lowest BCUT2D eigenvalue weighted by atomic mass is 10.1. The van der Waals surface area contributed by atoms with E-state index < -0.39 is 0 Å². The number of Topliss-reactive ketones (excluding diaryl/α,β-unsaturated/α-hetero) is 1. The van der Waals surface area contributed by atoms with Crippen molar-refractivity contribution < 1.29 is 4.79 Å². The third kappa shape index (κ3) is 2.58. The Bertz CT molecular complexity index is 581. The molecule has 17 heavy (non-hydrogen) atoms. The number of nitrogens with zero attached hydrogens (tertiary/aromatic N) is 2. The van der Waals surface area contributed by atoms with Crippen molar-refractivity contribution >= 4 is 21.7 Å². The van der Waals surface area contributed by atoms with Gasteiger partial charge in [-0.15, -0.1) is 0 Å². The van der Waals surface area contributed by atoms with Crippen LogP contribution in [0.1, 0.15) is 23.0 Å². The van der Waals surface area contributed by atoms with Crippen molar-refractivity contribution in [3.63, 3.8) is 0 Å². The second kappa shape index (κ2) is 4.75. The summed E-state index contributed by atoms with van der Waals surface area (Å²) in [6, 6.07) is 7.76. The van der Waals surface area contributed by atoms with Crippen LogP contribution in [-0.2, 0) is 0 Å². The SMILES string of the molecule is CC(=O)c1cnc(-c2cccc(Br)c2)nc1C. The largest absolute Gasteiger partial charge is 0.294 e. The molecule has 0 aliphatic carbocycles. The number of halogens is 1. The third-order valence-electron chi connectivity index (χ3n) is 2.44. The number of rotatable bonds is 2. The van der Waals surface area contributed by atoms with Crippen molar-refractivity contribution in [3.05, 3.63) is 46.2 Å². The molecule has 2 rings (SSSR count). The van der Waals surface area contributed by atoms with E-state index in [-0.39, 0.29) is 5.78 Å². The lowest BCUT2D eigenvalue weighted by molar-refractivity contribution is 0.101. The molecule has 4 heteroatoms. The van der Waals surface area contributed by atoms with E-state index in [1.165, 1.54) is 6.92 Å². The Labute approximate surface area is 108 Å². The van der Waals surface area contributed by atoms with Gasteiger partial charge in [-0.1, -0.05) is 28.1 Å². The van der Waals surface area contributed by atoms with Crippen LogP contribution in [0.3, 0.4) is 0 Å². The molecular weight excluding hydrogens is 280 g/mol. The molecule has 0 fully saturated rings. The quantitative estimate of drug-likeness (QED) is 0.796. The van der Waals surface area contributed by atoms with Crippen LogP contribution in [0.5, 0.6) is 0 Å². The fraction of sp³-hybridized carbons (Fsp3) is 0.154. The van der Waals surface area contributed by atoms with E-state index >= 15 is 0 Å². The number of carbonyl (C=O) groups is 1. The zero-order chi connectivity index (χ0) is 12.4. The van der Waals surface area contributed by atoms with Gasteiger partial charge < -0.3 is 0 Å². The monoisotopic (exact) mass is 290 g/mol. The van der Waals surface area contributed by atoms with E-state index in [4.69, 9.17) is 0 Å². The Morgan fingerprint density at radius 2 is 2.12 bits per heavy atom. The highest BCUT2D eigenvalue weighted by Crippen LogP contribution is 2.20. The van der Waals surface area contributed by atoms with Crippen molar-refractivity contribution in [2.24, 2.45) is 0 Å². The molecule has 0 unspecified atom stereocenters. The predicted molar refractivity (Wildman–Crippen MR) is 69.9 cm³/mol. The topological polar surface area (TPSA) is 42.9 Å². The summed E-state index contributed by atoms with van der Waals surface area (Å²) in [4.78, 5) is 19.9.